The first kappa shape index (κ1) is 16.8. The third-order valence-electron chi connectivity index (χ3n) is 4.40. The van der Waals surface area contributed by atoms with E-state index < -0.39 is 0 Å². The fourth-order valence-electron chi connectivity index (χ4n) is 3.02. The first-order valence-corrected chi connectivity index (χ1v) is 8.10. The summed E-state index contributed by atoms with van der Waals surface area (Å²) in [6.45, 7) is 8.03. The van der Waals surface area contributed by atoms with Crippen molar-refractivity contribution in [2.75, 3.05) is 39.3 Å². The molecule has 2 atom stereocenters. The maximum Gasteiger partial charge on any atom is 0.317 e. The van der Waals surface area contributed by atoms with Gasteiger partial charge in [-0.05, 0) is 31.6 Å². The summed E-state index contributed by atoms with van der Waals surface area (Å²) in [5.74, 6) is 1.09. The van der Waals surface area contributed by atoms with Crippen molar-refractivity contribution in [3.8, 4) is 0 Å². The first-order chi connectivity index (χ1) is 10.7. The SMILES string of the molecule is CCN(CC)C(CNC(=O)N1CCC(CO)C1)c1ccco1. The predicted octanol–water partition coefficient (Wildman–Crippen LogP) is 1.69. The number of likely N-dealkylation sites (tertiary alicyclic amines) is 1. The normalized spacial score (nSPS) is 19.6. The highest BCUT2D eigenvalue weighted by atomic mass is 16.3. The molecule has 6 heteroatoms. The molecule has 0 aliphatic carbocycles. The molecule has 2 amide bonds. The number of hydrogen-bond acceptors (Lipinski definition) is 4. The van der Waals surface area contributed by atoms with Gasteiger partial charge in [-0.1, -0.05) is 13.8 Å². The Balaban J connectivity index is 1.92. The number of hydrogen-bond donors (Lipinski definition) is 2. The van der Waals surface area contributed by atoms with E-state index in [9.17, 15) is 4.79 Å². The van der Waals surface area contributed by atoms with Crippen molar-refractivity contribution in [2.45, 2.75) is 26.3 Å². The van der Waals surface area contributed by atoms with Gasteiger partial charge in [0.2, 0.25) is 0 Å². The van der Waals surface area contributed by atoms with Crippen molar-refractivity contribution >= 4 is 6.03 Å². The topological polar surface area (TPSA) is 69.0 Å². The molecular formula is C16H27N3O3. The lowest BCUT2D eigenvalue weighted by molar-refractivity contribution is 0.174. The van der Waals surface area contributed by atoms with Crippen LogP contribution < -0.4 is 5.32 Å². The van der Waals surface area contributed by atoms with Gasteiger partial charge < -0.3 is 19.7 Å². The lowest BCUT2D eigenvalue weighted by Crippen LogP contribution is -2.43. The molecule has 1 aromatic rings. The molecule has 1 aromatic heterocycles. The number of urea groups is 1. The molecule has 1 aliphatic rings. The number of aliphatic hydroxyl groups excluding tert-OH is 1. The monoisotopic (exact) mass is 309 g/mol. The van der Waals surface area contributed by atoms with Crippen LogP contribution >= 0.6 is 0 Å². The molecule has 22 heavy (non-hydrogen) atoms. The summed E-state index contributed by atoms with van der Waals surface area (Å²) in [5.41, 5.74) is 0. The van der Waals surface area contributed by atoms with E-state index in [0.29, 0.717) is 19.6 Å². The molecule has 2 N–H and O–H groups in total. The van der Waals surface area contributed by atoms with Gasteiger partial charge in [-0.3, -0.25) is 4.90 Å². The summed E-state index contributed by atoms with van der Waals surface area (Å²) in [5, 5.41) is 12.2. The van der Waals surface area contributed by atoms with Crippen molar-refractivity contribution in [1.82, 2.24) is 15.1 Å². The Morgan fingerprint density at radius 1 is 1.55 bits per heavy atom. The minimum atomic E-state index is -0.0559. The van der Waals surface area contributed by atoms with Crippen LogP contribution in [0, 0.1) is 5.92 Å². The third kappa shape index (κ3) is 4.01. The maximum absolute atomic E-state index is 12.3. The molecule has 2 unspecified atom stereocenters. The fourth-order valence-corrected chi connectivity index (χ4v) is 3.02. The second-order valence-corrected chi connectivity index (χ2v) is 5.72. The highest BCUT2D eigenvalue weighted by Crippen LogP contribution is 2.21. The van der Waals surface area contributed by atoms with Gasteiger partial charge in [0.25, 0.3) is 0 Å². The summed E-state index contributed by atoms with van der Waals surface area (Å²) in [6, 6.07) is 3.82. The van der Waals surface area contributed by atoms with Gasteiger partial charge in [0.05, 0.1) is 12.3 Å². The fraction of sp³-hybridized carbons (Fsp3) is 0.688. The van der Waals surface area contributed by atoms with Crippen LogP contribution in [0.3, 0.4) is 0 Å². The van der Waals surface area contributed by atoms with Crippen LogP contribution in [0.4, 0.5) is 4.79 Å². The third-order valence-corrected chi connectivity index (χ3v) is 4.40. The van der Waals surface area contributed by atoms with Gasteiger partial charge in [-0.15, -0.1) is 0 Å². The summed E-state index contributed by atoms with van der Waals surface area (Å²) >= 11 is 0. The van der Waals surface area contributed by atoms with Crippen LogP contribution in [0.15, 0.2) is 22.8 Å². The molecule has 0 radical (unpaired) electrons. The van der Waals surface area contributed by atoms with E-state index in [1.54, 1.807) is 11.2 Å². The number of rotatable bonds is 7. The molecule has 2 heterocycles. The van der Waals surface area contributed by atoms with E-state index in [0.717, 1.165) is 25.3 Å². The second kappa shape index (κ2) is 8.19. The molecule has 1 fully saturated rings. The smallest absolute Gasteiger partial charge is 0.317 e. The summed E-state index contributed by atoms with van der Waals surface area (Å²) in [6.07, 6.45) is 2.54. The number of amides is 2. The van der Waals surface area contributed by atoms with Gasteiger partial charge in [-0.2, -0.15) is 0 Å². The van der Waals surface area contributed by atoms with E-state index >= 15 is 0 Å². The highest BCUT2D eigenvalue weighted by molar-refractivity contribution is 5.74. The zero-order valence-corrected chi connectivity index (χ0v) is 13.5. The number of aliphatic hydroxyl groups is 1. The minimum absolute atomic E-state index is 0.0465. The van der Waals surface area contributed by atoms with Gasteiger partial charge in [0.1, 0.15) is 5.76 Å². The number of furan rings is 1. The quantitative estimate of drug-likeness (QED) is 0.804. The molecule has 1 saturated heterocycles. The van der Waals surface area contributed by atoms with Crippen LogP contribution in [0.5, 0.6) is 0 Å². The van der Waals surface area contributed by atoms with E-state index in [2.05, 4.69) is 24.1 Å². The molecule has 0 spiro atoms. The summed E-state index contributed by atoms with van der Waals surface area (Å²) < 4.78 is 5.53. The predicted molar refractivity (Wildman–Crippen MR) is 84.5 cm³/mol. The van der Waals surface area contributed by atoms with E-state index in [-0.39, 0.29) is 24.6 Å². The molecule has 124 valence electrons. The number of carbonyl (C=O) groups excluding carboxylic acids is 1. The molecule has 0 aromatic carbocycles. The molecule has 0 saturated carbocycles. The maximum atomic E-state index is 12.3. The lowest BCUT2D eigenvalue weighted by atomic mass is 10.1. The lowest BCUT2D eigenvalue weighted by Gasteiger charge is -2.29. The molecule has 2 rings (SSSR count). The Morgan fingerprint density at radius 3 is 2.86 bits per heavy atom. The van der Waals surface area contributed by atoms with E-state index in [4.69, 9.17) is 9.52 Å². The zero-order chi connectivity index (χ0) is 15.9. The zero-order valence-electron chi connectivity index (χ0n) is 13.5. The van der Waals surface area contributed by atoms with Crippen LogP contribution in [-0.2, 0) is 0 Å². The van der Waals surface area contributed by atoms with Crippen molar-refractivity contribution in [3.05, 3.63) is 24.2 Å². The molecule has 1 aliphatic heterocycles. The first-order valence-electron chi connectivity index (χ1n) is 8.10. The molecule has 0 bridgehead atoms. The minimum Gasteiger partial charge on any atom is -0.468 e. The standard InChI is InChI=1S/C16H27N3O3/c1-3-18(4-2)14(15-6-5-9-22-15)10-17-16(21)19-8-7-13(11-19)12-20/h5-6,9,13-14,20H,3-4,7-8,10-12H2,1-2H3,(H,17,21). The second-order valence-electron chi connectivity index (χ2n) is 5.72. The Morgan fingerprint density at radius 2 is 2.32 bits per heavy atom. The number of nitrogens with one attached hydrogen (secondary N) is 1. The Bertz CT molecular complexity index is 445. The number of likely N-dealkylation sites (N-methyl/N-ethyl adjacent to an activating group) is 1. The Hall–Kier alpha value is -1.53. The Kier molecular flexibility index (Phi) is 6.27. The van der Waals surface area contributed by atoms with Gasteiger partial charge in [0.15, 0.2) is 0 Å². The number of carbonyl (C=O) groups is 1. The van der Waals surface area contributed by atoms with Crippen LogP contribution in [-0.4, -0.2) is 60.3 Å². The van der Waals surface area contributed by atoms with Crippen LogP contribution in [0.2, 0.25) is 0 Å². The van der Waals surface area contributed by atoms with E-state index in [1.807, 2.05) is 12.1 Å². The average Bonchev–Trinajstić information content (AvgIpc) is 3.22. The van der Waals surface area contributed by atoms with Gasteiger partial charge >= 0.3 is 6.03 Å². The summed E-state index contributed by atoms with van der Waals surface area (Å²) in [7, 11) is 0. The van der Waals surface area contributed by atoms with Gasteiger partial charge in [0, 0.05) is 32.2 Å². The number of nitrogens with zero attached hydrogens (tertiary/aromatic N) is 2. The van der Waals surface area contributed by atoms with Crippen molar-refractivity contribution in [1.29, 1.82) is 0 Å². The molecular weight excluding hydrogens is 282 g/mol. The van der Waals surface area contributed by atoms with E-state index in [1.165, 1.54) is 0 Å². The van der Waals surface area contributed by atoms with Crippen LogP contribution in [0.25, 0.3) is 0 Å². The Labute approximate surface area is 132 Å². The van der Waals surface area contributed by atoms with Crippen molar-refractivity contribution in [2.24, 2.45) is 5.92 Å². The van der Waals surface area contributed by atoms with Gasteiger partial charge in [-0.25, -0.2) is 4.79 Å². The van der Waals surface area contributed by atoms with Crippen LogP contribution in [0.1, 0.15) is 32.1 Å². The highest BCUT2D eigenvalue weighted by Gasteiger charge is 2.27. The molecule has 6 nitrogen and oxygen atoms in total. The average molecular weight is 309 g/mol. The summed E-state index contributed by atoms with van der Waals surface area (Å²) in [4.78, 5) is 16.3. The van der Waals surface area contributed by atoms with Crippen molar-refractivity contribution in [3.63, 3.8) is 0 Å². The van der Waals surface area contributed by atoms with Crippen molar-refractivity contribution < 1.29 is 14.3 Å². The largest absolute Gasteiger partial charge is 0.468 e.